The van der Waals surface area contributed by atoms with E-state index in [1.165, 1.54) is 16.8 Å². The topological polar surface area (TPSA) is 79.8 Å². The number of rotatable bonds is 4. The van der Waals surface area contributed by atoms with Crippen molar-refractivity contribution in [2.75, 3.05) is 32.4 Å². The van der Waals surface area contributed by atoms with Crippen molar-refractivity contribution in [2.45, 2.75) is 0 Å². The number of carbonyl (C=O) groups excluding carboxylic acids is 1. The molecule has 9 heteroatoms. The van der Waals surface area contributed by atoms with Crippen LogP contribution in [0.15, 0.2) is 47.1 Å². The molecule has 2 aromatic rings. The lowest BCUT2D eigenvalue weighted by Crippen LogP contribution is -2.50. The summed E-state index contributed by atoms with van der Waals surface area (Å²) in [5, 5.41) is 0. The van der Waals surface area contributed by atoms with Gasteiger partial charge in [0.25, 0.3) is 5.91 Å². The van der Waals surface area contributed by atoms with Gasteiger partial charge in [0.2, 0.25) is 15.9 Å². The number of nitrogens with zero attached hydrogens (tertiary/aromatic N) is 3. The third kappa shape index (κ3) is 4.60. The molecule has 1 aliphatic rings. The van der Waals surface area contributed by atoms with Crippen molar-refractivity contribution in [1.82, 2.24) is 14.2 Å². The molecule has 0 bridgehead atoms. The SMILES string of the molecule is CS(=O)(=O)N1CCN(C(=O)c2ccc(Oc3ccc(Br)cc3)nc2)CC1. The van der Waals surface area contributed by atoms with E-state index < -0.39 is 10.0 Å². The first-order valence-electron chi connectivity index (χ1n) is 7.97. The molecule has 1 aromatic carbocycles. The van der Waals surface area contributed by atoms with Crippen molar-refractivity contribution < 1.29 is 17.9 Å². The molecule has 0 atom stereocenters. The summed E-state index contributed by atoms with van der Waals surface area (Å²) >= 11 is 3.36. The minimum atomic E-state index is -3.21. The van der Waals surface area contributed by atoms with Crippen LogP contribution in [0.4, 0.5) is 0 Å². The number of aromatic nitrogens is 1. The zero-order chi connectivity index (χ0) is 18.7. The number of pyridine rings is 1. The third-order valence-electron chi connectivity index (χ3n) is 4.01. The largest absolute Gasteiger partial charge is 0.439 e. The van der Waals surface area contributed by atoms with Crippen LogP contribution in [0.1, 0.15) is 10.4 Å². The predicted molar refractivity (Wildman–Crippen MR) is 101 cm³/mol. The number of piperazine rings is 1. The van der Waals surface area contributed by atoms with Gasteiger partial charge in [0.15, 0.2) is 0 Å². The second-order valence-corrected chi connectivity index (χ2v) is 8.79. The van der Waals surface area contributed by atoms with Gasteiger partial charge in [0.1, 0.15) is 5.75 Å². The molecule has 1 aromatic heterocycles. The molecule has 0 saturated carbocycles. The minimum Gasteiger partial charge on any atom is -0.439 e. The van der Waals surface area contributed by atoms with Gasteiger partial charge in [-0.2, -0.15) is 4.31 Å². The number of sulfonamides is 1. The summed E-state index contributed by atoms with van der Waals surface area (Å²) in [4.78, 5) is 18.3. The maximum Gasteiger partial charge on any atom is 0.255 e. The summed E-state index contributed by atoms with van der Waals surface area (Å²) in [6.07, 6.45) is 2.65. The van der Waals surface area contributed by atoms with Crippen molar-refractivity contribution in [1.29, 1.82) is 0 Å². The number of ether oxygens (including phenoxy) is 1. The molecule has 2 heterocycles. The highest BCUT2D eigenvalue weighted by molar-refractivity contribution is 9.10. The fourth-order valence-electron chi connectivity index (χ4n) is 2.60. The van der Waals surface area contributed by atoms with Gasteiger partial charge in [-0.3, -0.25) is 4.79 Å². The van der Waals surface area contributed by atoms with E-state index in [2.05, 4.69) is 20.9 Å². The number of carbonyl (C=O) groups is 1. The molecule has 0 radical (unpaired) electrons. The van der Waals surface area contributed by atoms with Gasteiger partial charge in [-0.1, -0.05) is 15.9 Å². The summed E-state index contributed by atoms with van der Waals surface area (Å²) < 4.78 is 31.0. The highest BCUT2D eigenvalue weighted by Crippen LogP contribution is 2.22. The minimum absolute atomic E-state index is 0.166. The van der Waals surface area contributed by atoms with Crippen LogP contribution in [0.5, 0.6) is 11.6 Å². The molecule has 3 rings (SSSR count). The first-order chi connectivity index (χ1) is 12.3. The number of amides is 1. The van der Waals surface area contributed by atoms with E-state index in [4.69, 9.17) is 4.74 Å². The van der Waals surface area contributed by atoms with E-state index in [-0.39, 0.29) is 5.91 Å². The Labute approximate surface area is 160 Å². The highest BCUT2D eigenvalue weighted by atomic mass is 79.9. The van der Waals surface area contributed by atoms with Gasteiger partial charge in [-0.25, -0.2) is 13.4 Å². The molecule has 26 heavy (non-hydrogen) atoms. The van der Waals surface area contributed by atoms with Crippen LogP contribution in [0.25, 0.3) is 0 Å². The lowest BCUT2D eigenvalue weighted by atomic mass is 10.2. The Morgan fingerprint density at radius 1 is 1.08 bits per heavy atom. The van der Waals surface area contributed by atoms with Crippen molar-refractivity contribution in [3.8, 4) is 11.6 Å². The Morgan fingerprint density at radius 3 is 2.27 bits per heavy atom. The monoisotopic (exact) mass is 439 g/mol. The molecule has 1 saturated heterocycles. The summed E-state index contributed by atoms with van der Waals surface area (Å²) in [6, 6.07) is 10.7. The smallest absolute Gasteiger partial charge is 0.255 e. The number of benzene rings is 1. The molecular weight excluding hydrogens is 422 g/mol. The Kier molecular flexibility index (Phi) is 5.59. The molecular formula is C17H18BrN3O4S. The first-order valence-corrected chi connectivity index (χ1v) is 10.6. The van der Waals surface area contributed by atoms with Crippen LogP contribution in [-0.2, 0) is 10.0 Å². The van der Waals surface area contributed by atoms with E-state index in [1.54, 1.807) is 17.0 Å². The summed E-state index contributed by atoms with van der Waals surface area (Å²) in [5.41, 5.74) is 0.445. The first kappa shape index (κ1) is 18.8. The maximum absolute atomic E-state index is 12.5. The van der Waals surface area contributed by atoms with Crippen LogP contribution >= 0.6 is 15.9 Å². The number of hydrogen-bond acceptors (Lipinski definition) is 5. The second kappa shape index (κ2) is 7.73. The van der Waals surface area contributed by atoms with E-state index in [0.717, 1.165) is 4.47 Å². The highest BCUT2D eigenvalue weighted by Gasteiger charge is 2.26. The van der Waals surface area contributed by atoms with Crippen molar-refractivity contribution in [3.05, 3.63) is 52.6 Å². The molecule has 0 aliphatic carbocycles. The van der Waals surface area contributed by atoms with E-state index in [0.29, 0.717) is 43.4 Å². The van der Waals surface area contributed by atoms with Crippen molar-refractivity contribution in [3.63, 3.8) is 0 Å². The number of halogens is 1. The van der Waals surface area contributed by atoms with E-state index in [9.17, 15) is 13.2 Å². The predicted octanol–water partition coefficient (Wildman–Crippen LogP) is 2.35. The average Bonchev–Trinajstić information content (AvgIpc) is 2.63. The molecule has 1 fully saturated rings. The van der Waals surface area contributed by atoms with Gasteiger partial charge in [-0.15, -0.1) is 0 Å². The fourth-order valence-corrected chi connectivity index (χ4v) is 3.69. The van der Waals surface area contributed by atoms with Gasteiger partial charge >= 0.3 is 0 Å². The van der Waals surface area contributed by atoms with E-state index >= 15 is 0 Å². The molecule has 138 valence electrons. The van der Waals surface area contributed by atoms with Crippen molar-refractivity contribution >= 4 is 31.9 Å². The third-order valence-corrected chi connectivity index (χ3v) is 5.85. The molecule has 7 nitrogen and oxygen atoms in total. The standard InChI is InChI=1S/C17H18BrN3O4S/c1-26(23,24)21-10-8-20(9-11-21)17(22)13-2-7-16(19-12-13)25-15-5-3-14(18)4-6-15/h2-7,12H,8-11H2,1H3. The number of hydrogen-bond donors (Lipinski definition) is 0. The maximum atomic E-state index is 12.5. The van der Waals surface area contributed by atoms with Gasteiger partial charge in [0.05, 0.1) is 11.8 Å². The normalized spacial score (nSPS) is 15.7. The average molecular weight is 440 g/mol. The van der Waals surface area contributed by atoms with Crippen LogP contribution in [0.2, 0.25) is 0 Å². The summed E-state index contributed by atoms with van der Waals surface area (Å²) in [7, 11) is -3.21. The van der Waals surface area contributed by atoms with Crippen LogP contribution in [-0.4, -0.2) is 60.9 Å². The molecule has 1 amide bonds. The van der Waals surface area contributed by atoms with Crippen LogP contribution in [0, 0.1) is 0 Å². The Hall–Kier alpha value is -1.97. The zero-order valence-corrected chi connectivity index (χ0v) is 16.5. The van der Waals surface area contributed by atoms with E-state index in [1.807, 2.05) is 24.3 Å². The van der Waals surface area contributed by atoms with Crippen LogP contribution < -0.4 is 4.74 Å². The molecule has 0 N–H and O–H groups in total. The quantitative estimate of drug-likeness (QED) is 0.730. The van der Waals surface area contributed by atoms with Crippen molar-refractivity contribution in [2.24, 2.45) is 0 Å². The van der Waals surface area contributed by atoms with Crippen LogP contribution in [0.3, 0.4) is 0 Å². The second-order valence-electron chi connectivity index (χ2n) is 5.90. The Balaban J connectivity index is 1.61. The Morgan fingerprint density at radius 2 is 1.73 bits per heavy atom. The van der Waals surface area contributed by atoms with Gasteiger partial charge in [-0.05, 0) is 30.3 Å². The fraction of sp³-hybridized carbons (Fsp3) is 0.294. The Bertz CT molecular complexity index is 877. The molecule has 0 unspecified atom stereocenters. The lowest BCUT2D eigenvalue weighted by Gasteiger charge is -2.33. The van der Waals surface area contributed by atoms with Gasteiger partial charge in [0, 0.05) is 42.9 Å². The summed E-state index contributed by atoms with van der Waals surface area (Å²) in [5.74, 6) is 0.878. The summed E-state index contributed by atoms with van der Waals surface area (Å²) in [6.45, 7) is 1.34. The zero-order valence-electron chi connectivity index (χ0n) is 14.1. The van der Waals surface area contributed by atoms with Gasteiger partial charge < -0.3 is 9.64 Å². The lowest BCUT2D eigenvalue weighted by molar-refractivity contribution is 0.0698. The molecule has 0 spiro atoms. The molecule has 1 aliphatic heterocycles.